The topological polar surface area (TPSA) is 44.4 Å². The summed E-state index contributed by atoms with van der Waals surface area (Å²) in [6.07, 6.45) is 4.27. The van der Waals surface area contributed by atoms with Gasteiger partial charge in [0.15, 0.2) is 0 Å². The lowest BCUT2D eigenvalue weighted by Crippen LogP contribution is -2.49. The Morgan fingerprint density at radius 2 is 2.12 bits per heavy atom. The highest BCUT2D eigenvalue weighted by molar-refractivity contribution is 5.76. The van der Waals surface area contributed by atoms with Crippen molar-refractivity contribution in [3.05, 3.63) is 0 Å². The fourth-order valence-electron chi connectivity index (χ4n) is 2.36. The molecule has 1 atom stereocenters. The summed E-state index contributed by atoms with van der Waals surface area (Å²) in [7, 11) is 0. The van der Waals surface area contributed by atoms with Crippen molar-refractivity contribution in [1.29, 1.82) is 0 Å². The number of piperazine rings is 1. The minimum Gasteiger partial charge on any atom is -0.353 e. The molecular formula is C12H23N3O. The summed E-state index contributed by atoms with van der Waals surface area (Å²) in [5.74, 6) is 0.232. The molecule has 2 rings (SSSR count). The van der Waals surface area contributed by atoms with E-state index < -0.39 is 0 Å². The van der Waals surface area contributed by atoms with Crippen LogP contribution in [0, 0.1) is 0 Å². The zero-order valence-electron chi connectivity index (χ0n) is 10.2. The van der Waals surface area contributed by atoms with Crippen molar-refractivity contribution in [2.45, 2.75) is 44.7 Å². The lowest BCUT2D eigenvalue weighted by Gasteiger charge is -2.33. The molecule has 1 amide bonds. The number of amides is 1. The summed E-state index contributed by atoms with van der Waals surface area (Å²) in [4.78, 5) is 14.1. The average molecular weight is 225 g/mol. The summed E-state index contributed by atoms with van der Waals surface area (Å²) in [5.41, 5.74) is 0. The molecule has 1 heterocycles. The van der Waals surface area contributed by atoms with Gasteiger partial charge in [0.1, 0.15) is 0 Å². The lowest BCUT2D eigenvalue weighted by molar-refractivity contribution is -0.123. The van der Waals surface area contributed by atoms with Crippen molar-refractivity contribution in [3.63, 3.8) is 0 Å². The Balaban J connectivity index is 1.68. The van der Waals surface area contributed by atoms with E-state index in [2.05, 4.69) is 22.5 Å². The number of rotatable bonds is 4. The predicted molar refractivity (Wildman–Crippen MR) is 64.3 cm³/mol. The zero-order valence-corrected chi connectivity index (χ0v) is 10.2. The maximum Gasteiger partial charge on any atom is 0.221 e. The maximum absolute atomic E-state index is 11.7. The number of nitrogens with one attached hydrogen (secondary N) is 2. The Hall–Kier alpha value is -0.610. The Morgan fingerprint density at radius 3 is 2.69 bits per heavy atom. The first-order valence-corrected chi connectivity index (χ1v) is 6.50. The molecule has 0 bridgehead atoms. The van der Waals surface area contributed by atoms with Crippen molar-refractivity contribution >= 4 is 5.91 Å². The molecular weight excluding hydrogens is 202 g/mol. The second-order valence-corrected chi connectivity index (χ2v) is 5.03. The summed E-state index contributed by atoms with van der Waals surface area (Å²) in [6.45, 7) is 6.39. The van der Waals surface area contributed by atoms with Crippen LogP contribution < -0.4 is 10.6 Å². The molecule has 0 radical (unpaired) electrons. The molecule has 1 saturated carbocycles. The number of hydrogen-bond donors (Lipinski definition) is 2. The van der Waals surface area contributed by atoms with Gasteiger partial charge in [-0.1, -0.05) is 0 Å². The predicted octanol–water partition coefficient (Wildman–Crippen LogP) is 0.339. The van der Waals surface area contributed by atoms with Crippen LogP contribution in [0.5, 0.6) is 0 Å². The highest BCUT2D eigenvalue weighted by Crippen LogP contribution is 2.18. The van der Waals surface area contributed by atoms with Gasteiger partial charge < -0.3 is 10.6 Å². The number of nitrogens with zero attached hydrogens (tertiary/aromatic N) is 1. The van der Waals surface area contributed by atoms with Gasteiger partial charge in [-0.2, -0.15) is 0 Å². The van der Waals surface area contributed by atoms with Crippen LogP contribution in [-0.2, 0) is 4.79 Å². The van der Waals surface area contributed by atoms with Crippen molar-refractivity contribution in [1.82, 2.24) is 15.5 Å². The van der Waals surface area contributed by atoms with Gasteiger partial charge in [0.05, 0.1) is 0 Å². The summed E-state index contributed by atoms with van der Waals surface area (Å²) in [5, 5.41) is 6.44. The second kappa shape index (κ2) is 5.64. The molecule has 1 saturated heterocycles. The normalized spacial score (nSPS) is 24.8. The largest absolute Gasteiger partial charge is 0.353 e. The SMILES string of the molecule is CC(CC(=O)NC1CCC1)N1CCNCC1. The summed E-state index contributed by atoms with van der Waals surface area (Å²) in [6, 6.07) is 0.852. The third-order valence-electron chi connectivity index (χ3n) is 3.73. The smallest absolute Gasteiger partial charge is 0.221 e. The standard InChI is InChI=1S/C12H23N3O/c1-10(15-7-5-13-6-8-15)9-12(16)14-11-3-2-4-11/h10-11,13H,2-9H2,1H3,(H,14,16). The highest BCUT2D eigenvalue weighted by Gasteiger charge is 2.22. The Labute approximate surface area is 97.8 Å². The minimum atomic E-state index is 0.232. The molecule has 4 heteroatoms. The summed E-state index contributed by atoms with van der Waals surface area (Å²) < 4.78 is 0. The zero-order chi connectivity index (χ0) is 11.4. The molecule has 2 N–H and O–H groups in total. The van der Waals surface area contributed by atoms with Gasteiger partial charge in [-0.25, -0.2) is 0 Å². The first kappa shape index (κ1) is 11.9. The van der Waals surface area contributed by atoms with Crippen LogP contribution >= 0.6 is 0 Å². The van der Waals surface area contributed by atoms with Crippen molar-refractivity contribution in [2.24, 2.45) is 0 Å². The van der Waals surface area contributed by atoms with E-state index in [1.165, 1.54) is 19.3 Å². The molecule has 0 aromatic rings. The average Bonchev–Trinajstić information content (AvgIpc) is 2.25. The molecule has 16 heavy (non-hydrogen) atoms. The molecule has 1 unspecified atom stereocenters. The van der Waals surface area contributed by atoms with E-state index in [1.807, 2.05) is 0 Å². The van der Waals surface area contributed by atoms with Gasteiger partial charge in [-0.3, -0.25) is 9.69 Å². The first-order valence-electron chi connectivity index (χ1n) is 6.50. The van der Waals surface area contributed by atoms with E-state index in [0.29, 0.717) is 18.5 Å². The maximum atomic E-state index is 11.7. The van der Waals surface area contributed by atoms with Crippen LogP contribution in [0.3, 0.4) is 0 Å². The fraction of sp³-hybridized carbons (Fsp3) is 0.917. The molecule has 2 aliphatic rings. The molecule has 0 aromatic carbocycles. The third-order valence-corrected chi connectivity index (χ3v) is 3.73. The van der Waals surface area contributed by atoms with Crippen LogP contribution in [0.15, 0.2) is 0 Å². The number of carbonyl (C=O) groups excluding carboxylic acids is 1. The van der Waals surface area contributed by atoms with E-state index in [0.717, 1.165) is 26.2 Å². The van der Waals surface area contributed by atoms with Crippen LogP contribution in [-0.4, -0.2) is 49.1 Å². The van der Waals surface area contributed by atoms with Gasteiger partial charge in [0.25, 0.3) is 0 Å². The monoisotopic (exact) mass is 225 g/mol. The molecule has 0 aromatic heterocycles. The Bertz CT molecular complexity index is 234. The third kappa shape index (κ3) is 3.19. The molecule has 1 aliphatic heterocycles. The van der Waals surface area contributed by atoms with Gasteiger partial charge >= 0.3 is 0 Å². The minimum absolute atomic E-state index is 0.232. The van der Waals surface area contributed by atoms with E-state index in [9.17, 15) is 4.79 Å². The van der Waals surface area contributed by atoms with Gasteiger partial charge in [-0.15, -0.1) is 0 Å². The fourth-order valence-corrected chi connectivity index (χ4v) is 2.36. The Kier molecular flexibility index (Phi) is 4.18. The van der Waals surface area contributed by atoms with Gasteiger partial charge in [-0.05, 0) is 26.2 Å². The van der Waals surface area contributed by atoms with E-state index in [4.69, 9.17) is 0 Å². The van der Waals surface area contributed by atoms with Gasteiger partial charge in [0, 0.05) is 44.7 Å². The quantitative estimate of drug-likeness (QED) is 0.725. The molecule has 0 spiro atoms. The number of carbonyl (C=O) groups is 1. The van der Waals surface area contributed by atoms with Crippen molar-refractivity contribution in [2.75, 3.05) is 26.2 Å². The Morgan fingerprint density at radius 1 is 1.44 bits per heavy atom. The van der Waals surface area contributed by atoms with Crippen molar-refractivity contribution < 1.29 is 4.79 Å². The molecule has 92 valence electrons. The van der Waals surface area contributed by atoms with Gasteiger partial charge in [0.2, 0.25) is 5.91 Å². The molecule has 2 fully saturated rings. The molecule has 1 aliphatic carbocycles. The summed E-state index contributed by atoms with van der Waals surface area (Å²) >= 11 is 0. The van der Waals surface area contributed by atoms with E-state index in [-0.39, 0.29) is 5.91 Å². The number of hydrogen-bond acceptors (Lipinski definition) is 3. The van der Waals surface area contributed by atoms with E-state index in [1.54, 1.807) is 0 Å². The highest BCUT2D eigenvalue weighted by atomic mass is 16.1. The van der Waals surface area contributed by atoms with Crippen LogP contribution in [0.1, 0.15) is 32.6 Å². The van der Waals surface area contributed by atoms with Crippen LogP contribution in [0.25, 0.3) is 0 Å². The van der Waals surface area contributed by atoms with Crippen LogP contribution in [0.4, 0.5) is 0 Å². The van der Waals surface area contributed by atoms with E-state index >= 15 is 0 Å². The lowest BCUT2D eigenvalue weighted by atomic mass is 9.93. The van der Waals surface area contributed by atoms with Crippen LogP contribution in [0.2, 0.25) is 0 Å². The first-order chi connectivity index (χ1) is 7.75. The second-order valence-electron chi connectivity index (χ2n) is 5.03. The van der Waals surface area contributed by atoms with Crippen molar-refractivity contribution in [3.8, 4) is 0 Å². The molecule has 4 nitrogen and oxygen atoms in total.